The first kappa shape index (κ1) is 32.1. The van der Waals surface area contributed by atoms with Gasteiger partial charge in [-0.1, -0.05) is 11.5 Å². The van der Waals surface area contributed by atoms with Crippen LogP contribution in [-0.4, -0.2) is 85.0 Å². The van der Waals surface area contributed by atoms with E-state index < -0.39 is 70.2 Å². The van der Waals surface area contributed by atoms with Crippen LogP contribution in [0.2, 0.25) is 6.32 Å². The van der Waals surface area contributed by atoms with E-state index in [1.54, 1.807) is 27.7 Å². The molecule has 38 heavy (non-hydrogen) atoms. The summed E-state index contributed by atoms with van der Waals surface area (Å²) in [6.45, 7) is 13.7. The van der Waals surface area contributed by atoms with Crippen molar-refractivity contribution in [2.45, 2.75) is 103 Å². The lowest BCUT2D eigenvalue weighted by Crippen LogP contribution is -2.49. The van der Waals surface area contributed by atoms with Crippen LogP contribution in [0.25, 0.3) is 10.4 Å². The SMILES string of the molecule is CC(CNC(=O)OC(C)(C)C)NS(=O)(=O)N1CC(CCCB2OC(C)(C)C(C)(C)O2)C(N=[N+]=[N-])(C(=O)O)C1. The molecule has 2 fully saturated rings. The summed E-state index contributed by atoms with van der Waals surface area (Å²) in [4.78, 5) is 26.9. The Labute approximate surface area is 225 Å². The van der Waals surface area contributed by atoms with Gasteiger partial charge >= 0.3 is 19.2 Å². The third-order valence-corrected chi connectivity index (χ3v) is 8.70. The zero-order valence-electron chi connectivity index (χ0n) is 23.5. The molecule has 0 aromatic heterocycles. The van der Waals surface area contributed by atoms with Crippen LogP contribution in [0.5, 0.6) is 0 Å². The van der Waals surface area contributed by atoms with Gasteiger partial charge in [0.05, 0.1) is 11.2 Å². The van der Waals surface area contributed by atoms with Crippen LogP contribution in [-0.2, 0) is 29.0 Å². The van der Waals surface area contributed by atoms with Gasteiger partial charge in [-0.3, -0.25) is 4.79 Å². The van der Waals surface area contributed by atoms with Crippen LogP contribution in [0.4, 0.5) is 4.79 Å². The van der Waals surface area contributed by atoms with E-state index in [1.165, 1.54) is 0 Å². The molecule has 2 saturated heterocycles. The fourth-order valence-corrected chi connectivity index (χ4v) is 5.87. The molecular weight excluding hydrogens is 519 g/mol. The van der Waals surface area contributed by atoms with Gasteiger partial charge in [0, 0.05) is 30.6 Å². The third-order valence-electron chi connectivity index (χ3n) is 7.05. The van der Waals surface area contributed by atoms with Crippen LogP contribution >= 0.6 is 0 Å². The number of hydrogen-bond acceptors (Lipinski definition) is 8. The molecule has 0 aliphatic carbocycles. The molecule has 0 radical (unpaired) electrons. The van der Waals surface area contributed by atoms with Crippen molar-refractivity contribution < 1.29 is 37.2 Å². The Hall–Kier alpha value is -2.10. The molecule has 0 saturated carbocycles. The summed E-state index contributed by atoms with van der Waals surface area (Å²) in [5, 5.41) is 16.1. The van der Waals surface area contributed by atoms with E-state index in [4.69, 9.17) is 19.6 Å². The number of ether oxygens (including phenoxy) is 1. The molecule has 16 heteroatoms. The van der Waals surface area contributed by atoms with Crippen LogP contribution in [0.15, 0.2) is 5.11 Å². The van der Waals surface area contributed by atoms with E-state index in [9.17, 15) is 23.1 Å². The van der Waals surface area contributed by atoms with Crippen molar-refractivity contribution in [3.05, 3.63) is 10.4 Å². The summed E-state index contributed by atoms with van der Waals surface area (Å²) < 4.78 is 46.7. The van der Waals surface area contributed by atoms with Gasteiger partial charge in [-0.25, -0.2) is 4.79 Å². The average Bonchev–Trinajstić information content (AvgIpc) is 3.20. The van der Waals surface area contributed by atoms with Crippen LogP contribution in [0.1, 0.15) is 68.2 Å². The number of carbonyl (C=O) groups excluding carboxylic acids is 1. The Morgan fingerprint density at radius 2 is 1.84 bits per heavy atom. The summed E-state index contributed by atoms with van der Waals surface area (Å²) in [6, 6.07) is -0.728. The Morgan fingerprint density at radius 3 is 2.34 bits per heavy atom. The number of rotatable bonds is 11. The van der Waals surface area contributed by atoms with Crippen LogP contribution in [0, 0.1) is 5.92 Å². The minimum Gasteiger partial charge on any atom is -0.481 e. The molecule has 0 aromatic carbocycles. The zero-order valence-corrected chi connectivity index (χ0v) is 24.3. The van der Waals surface area contributed by atoms with Gasteiger partial charge in [-0.15, -0.1) is 0 Å². The number of nitrogens with zero attached hydrogens (tertiary/aromatic N) is 4. The molecule has 0 spiro atoms. The summed E-state index contributed by atoms with van der Waals surface area (Å²) >= 11 is 0. The lowest BCUT2D eigenvalue weighted by molar-refractivity contribution is -0.144. The maximum Gasteiger partial charge on any atom is 0.457 e. The van der Waals surface area contributed by atoms with E-state index in [1.807, 2.05) is 27.7 Å². The van der Waals surface area contributed by atoms with E-state index in [0.29, 0.717) is 12.7 Å². The number of azide groups is 1. The zero-order chi connectivity index (χ0) is 29.2. The number of carboxylic acid groups (broad SMARTS) is 1. The first-order valence-corrected chi connectivity index (χ1v) is 14.1. The smallest absolute Gasteiger partial charge is 0.457 e. The second kappa shape index (κ2) is 11.6. The summed E-state index contributed by atoms with van der Waals surface area (Å²) in [5.74, 6) is -2.17. The second-order valence-electron chi connectivity index (χ2n) is 11.9. The molecule has 3 unspecified atom stereocenters. The van der Waals surface area contributed by atoms with Gasteiger partial charge in [0.15, 0.2) is 5.54 Å². The molecule has 2 rings (SSSR count). The number of nitrogens with one attached hydrogen (secondary N) is 2. The molecule has 3 atom stereocenters. The monoisotopic (exact) mass is 560 g/mol. The highest BCUT2D eigenvalue weighted by Crippen LogP contribution is 2.40. The highest BCUT2D eigenvalue weighted by atomic mass is 32.2. The van der Waals surface area contributed by atoms with Gasteiger partial charge in [-0.2, -0.15) is 17.4 Å². The highest BCUT2D eigenvalue weighted by Gasteiger charge is 2.55. The highest BCUT2D eigenvalue weighted by molar-refractivity contribution is 7.87. The predicted octanol–water partition coefficient (Wildman–Crippen LogP) is 2.67. The molecular formula is C22H41BN6O8S. The molecule has 3 N–H and O–H groups in total. The van der Waals surface area contributed by atoms with Crippen molar-refractivity contribution in [2.75, 3.05) is 19.6 Å². The van der Waals surface area contributed by atoms with Gasteiger partial charge in [0.1, 0.15) is 5.60 Å². The van der Waals surface area contributed by atoms with Gasteiger partial charge in [0.2, 0.25) is 0 Å². The number of carboxylic acids is 1. The van der Waals surface area contributed by atoms with Gasteiger partial charge in [0.25, 0.3) is 10.2 Å². The predicted molar refractivity (Wildman–Crippen MR) is 140 cm³/mol. The molecule has 2 aliphatic rings. The minimum atomic E-state index is -4.17. The lowest BCUT2D eigenvalue weighted by Gasteiger charge is -2.32. The second-order valence-corrected chi connectivity index (χ2v) is 13.6. The van der Waals surface area contributed by atoms with Gasteiger partial charge in [-0.05, 0) is 79.6 Å². The van der Waals surface area contributed by atoms with Crippen molar-refractivity contribution in [2.24, 2.45) is 11.0 Å². The van der Waals surface area contributed by atoms with E-state index in [-0.39, 0.29) is 19.5 Å². The lowest BCUT2D eigenvalue weighted by atomic mass is 9.78. The van der Waals surface area contributed by atoms with Crippen LogP contribution in [0.3, 0.4) is 0 Å². The normalized spacial score (nSPS) is 26.0. The number of hydrogen-bond donors (Lipinski definition) is 3. The minimum absolute atomic E-state index is 0.0556. The van der Waals surface area contributed by atoms with Crippen molar-refractivity contribution in [1.29, 1.82) is 0 Å². The Kier molecular flexibility index (Phi) is 9.77. The van der Waals surface area contributed by atoms with E-state index >= 15 is 0 Å². The molecule has 1 amide bonds. The van der Waals surface area contributed by atoms with Crippen molar-refractivity contribution in [3.8, 4) is 0 Å². The van der Waals surface area contributed by atoms with Crippen molar-refractivity contribution in [3.63, 3.8) is 0 Å². The molecule has 14 nitrogen and oxygen atoms in total. The summed E-state index contributed by atoms with van der Waals surface area (Å²) in [7, 11) is -4.66. The van der Waals surface area contributed by atoms with E-state index in [2.05, 4.69) is 20.1 Å². The largest absolute Gasteiger partial charge is 0.481 e. The Morgan fingerprint density at radius 1 is 1.26 bits per heavy atom. The first-order valence-electron chi connectivity index (χ1n) is 12.6. The fraction of sp³-hybridized carbons (Fsp3) is 0.909. The van der Waals surface area contributed by atoms with Gasteiger partial charge < -0.3 is 24.5 Å². The quantitative estimate of drug-likeness (QED) is 0.149. The molecule has 2 heterocycles. The summed E-state index contributed by atoms with van der Waals surface area (Å²) in [6.07, 6.45) is 0.514. The maximum atomic E-state index is 13.1. The number of aliphatic carboxylic acids is 1. The molecule has 216 valence electrons. The van der Waals surface area contributed by atoms with Crippen LogP contribution < -0.4 is 10.0 Å². The molecule has 0 bridgehead atoms. The number of alkyl carbamates (subject to hydrolysis) is 1. The fourth-order valence-electron chi connectivity index (χ4n) is 4.39. The molecule has 0 aromatic rings. The van der Waals surface area contributed by atoms with Crippen molar-refractivity contribution in [1.82, 2.24) is 14.3 Å². The maximum absolute atomic E-state index is 13.1. The molecule has 2 aliphatic heterocycles. The Balaban J connectivity index is 2.06. The number of carbonyl (C=O) groups is 2. The topological polar surface area (TPSA) is 192 Å². The van der Waals surface area contributed by atoms with Crippen molar-refractivity contribution >= 4 is 29.4 Å². The summed E-state index contributed by atoms with van der Waals surface area (Å²) in [5.41, 5.74) is 5.45. The third kappa shape index (κ3) is 7.73. The number of amides is 1. The standard InChI is InChI=1S/C22H41BN6O8S/c1-15(12-25-18(32)35-19(2,3)4)26-38(33,34)29-13-16(22(14-29,17(30)31)27-28-24)10-9-11-23-36-20(5,6)21(7,8)37-23/h15-16,26H,9-14H2,1-8H3,(H,25,32)(H,30,31). The van der Waals surface area contributed by atoms with E-state index in [0.717, 1.165) is 4.31 Å². The first-order chi connectivity index (χ1) is 17.2. The average molecular weight is 560 g/mol. The Bertz CT molecular complexity index is 1020.